The van der Waals surface area contributed by atoms with Gasteiger partial charge in [0.1, 0.15) is 5.82 Å². The van der Waals surface area contributed by atoms with Gasteiger partial charge < -0.3 is 4.74 Å². The second-order valence-electron chi connectivity index (χ2n) is 8.38. The van der Waals surface area contributed by atoms with Gasteiger partial charge in [-0.2, -0.15) is 13.2 Å². The Bertz CT molecular complexity index is 1250. The number of aromatic nitrogens is 1. The molecule has 0 unspecified atom stereocenters. The molecule has 0 bridgehead atoms. The Morgan fingerprint density at radius 2 is 1.47 bits per heavy atom. The van der Waals surface area contributed by atoms with Gasteiger partial charge in [-0.15, -0.1) is 0 Å². The number of halogens is 4. The first-order valence-corrected chi connectivity index (χ1v) is 11.1. The maximum atomic E-state index is 15.1. The van der Waals surface area contributed by atoms with E-state index in [0.717, 1.165) is 52.7 Å². The van der Waals surface area contributed by atoms with Crippen molar-refractivity contribution in [2.75, 3.05) is 7.11 Å². The van der Waals surface area contributed by atoms with Crippen LogP contribution in [0.25, 0.3) is 10.8 Å². The molecule has 4 rings (SSSR count). The highest BCUT2D eigenvalue weighted by atomic mass is 19.4. The van der Waals surface area contributed by atoms with E-state index in [1.54, 1.807) is 19.2 Å². The normalized spacial score (nSPS) is 11.8. The van der Waals surface area contributed by atoms with Crippen LogP contribution in [0.3, 0.4) is 0 Å². The van der Waals surface area contributed by atoms with Crippen LogP contribution in [0.15, 0.2) is 72.9 Å². The topological polar surface area (TPSA) is 22.1 Å². The third-order valence-corrected chi connectivity index (χ3v) is 5.93. The highest BCUT2D eigenvalue weighted by molar-refractivity contribution is 5.84. The predicted molar refractivity (Wildman–Crippen MR) is 125 cm³/mol. The number of pyridine rings is 1. The summed E-state index contributed by atoms with van der Waals surface area (Å²) in [6, 6.07) is 18.4. The minimum absolute atomic E-state index is 0.272. The van der Waals surface area contributed by atoms with Crippen LogP contribution in [-0.2, 0) is 43.2 Å². The van der Waals surface area contributed by atoms with Crippen molar-refractivity contribution >= 4 is 10.8 Å². The summed E-state index contributed by atoms with van der Waals surface area (Å²) in [5.74, 6) is -0.272. The van der Waals surface area contributed by atoms with Gasteiger partial charge in [-0.25, -0.2) is 4.39 Å². The van der Waals surface area contributed by atoms with Crippen molar-refractivity contribution in [3.05, 3.63) is 112 Å². The second kappa shape index (κ2) is 10.3. The molecule has 0 fully saturated rings. The van der Waals surface area contributed by atoms with Crippen LogP contribution in [0.2, 0.25) is 0 Å². The van der Waals surface area contributed by atoms with Crippen LogP contribution < -0.4 is 0 Å². The third-order valence-electron chi connectivity index (χ3n) is 5.93. The molecule has 0 aliphatic rings. The number of ether oxygens (including phenoxy) is 1. The van der Waals surface area contributed by atoms with Crippen molar-refractivity contribution in [1.29, 1.82) is 0 Å². The molecule has 0 aliphatic heterocycles. The van der Waals surface area contributed by atoms with Gasteiger partial charge in [0.2, 0.25) is 0 Å². The van der Waals surface area contributed by atoms with Gasteiger partial charge in [0.25, 0.3) is 0 Å². The summed E-state index contributed by atoms with van der Waals surface area (Å²) in [5, 5.41) is 1.38. The van der Waals surface area contributed by atoms with Gasteiger partial charge in [-0.05, 0) is 71.5 Å². The van der Waals surface area contributed by atoms with E-state index in [1.807, 2.05) is 36.5 Å². The first kappa shape index (κ1) is 23.9. The van der Waals surface area contributed by atoms with E-state index in [4.69, 9.17) is 4.74 Å². The lowest BCUT2D eigenvalue weighted by Crippen LogP contribution is -2.04. The summed E-state index contributed by atoms with van der Waals surface area (Å²) in [7, 11) is 1.65. The summed E-state index contributed by atoms with van der Waals surface area (Å²) in [4.78, 5) is 4.47. The van der Waals surface area contributed by atoms with Crippen LogP contribution in [0.1, 0.15) is 33.5 Å². The zero-order chi connectivity index (χ0) is 24.1. The average molecular weight is 468 g/mol. The molecule has 0 amide bonds. The molecule has 0 saturated carbocycles. The minimum atomic E-state index is -4.35. The SMILES string of the molecule is COCc1ccc(CCc2ccc3c(F)c(CCc4ccc(C(F)(F)F)cc4)ccc3c2)nc1. The van der Waals surface area contributed by atoms with E-state index in [9.17, 15) is 13.2 Å². The van der Waals surface area contributed by atoms with Gasteiger partial charge >= 0.3 is 6.18 Å². The zero-order valence-corrected chi connectivity index (χ0v) is 18.8. The first-order valence-electron chi connectivity index (χ1n) is 11.1. The summed E-state index contributed by atoms with van der Waals surface area (Å²) in [6.07, 6.45) is -0.0708. The van der Waals surface area contributed by atoms with E-state index < -0.39 is 11.7 Å². The largest absolute Gasteiger partial charge is 0.416 e. The Balaban J connectivity index is 1.41. The van der Waals surface area contributed by atoms with Crippen molar-refractivity contribution in [3.8, 4) is 0 Å². The molecule has 0 aliphatic carbocycles. The Morgan fingerprint density at radius 3 is 2.15 bits per heavy atom. The Kier molecular flexibility index (Phi) is 7.27. The Morgan fingerprint density at radius 1 is 0.765 bits per heavy atom. The lowest BCUT2D eigenvalue weighted by atomic mass is 9.97. The molecule has 0 saturated heterocycles. The second-order valence-corrected chi connectivity index (χ2v) is 8.38. The van der Waals surface area contributed by atoms with Gasteiger partial charge in [0.15, 0.2) is 0 Å². The molecule has 176 valence electrons. The van der Waals surface area contributed by atoms with E-state index in [-0.39, 0.29) is 5.82 Å². The number of benzene rings is 3. The fourth-order valence-corrected chi connectivity index (χ4v) is 4.00. The lowest BCUT2D eigenvalue weighted by Gasteiger charge is -2.10. The molecule has 3 aromatic carbocycles. The summed E-state index contributed by atoms with van der Waals surface area (Å²) in [6.45, 7) is 0.538. The number of rotatable bonds is 8. The fraction of sp³-hybridized carbons (Fsp3) is 0.250. The molecule has 2 nitrogen and oxygen atoms in total. The molecule has 0 radical (unpaired) electrons. The van der Waals surface area contributed by atoms with E-state index in [0.29, 0.717) is 30.4 Å². The zero-order valence-electron chi connectivity index (χ0n) is 18.8. The number of hydrogen-bond donors (Lipinski definition) is 0. The molecule has 0 atom stereocenters. The van der Waals surface area contributed by atoms with Gasteiger partial charge in [0, 0.05) is 24.4 Å². The van der Waals surface area contributed by atoms with Gasteiger partial charge in [-0.1, -0.05) is 48.5 Å². The fourth-order valence-electron chi connectivity index (χ4n) is 4.00. The summed E-state index contributed by atoms with van der Waals surface area (Å²) < 4.78 is 58.4. The number of aryl methyl sites for hydroxylation is 4. The molecular formula is C28H25F4NO. The Hall–Kier alpha value is -3.25. The highest BCUT2D eigenvalue weighted by Crippen LogP contribution is 2.29. The van der Waals surface area contributed by atoms with E-state index in [1.165, 1.54) is 12.1 Å². The van der Waals surface area contributed by atoms with Crippen LogP contribution in [-0.4, -0.2) is 12.1 Å². The molecule has 34 heavy (non-hydrogen) atoms. The maximum absolute atomic E-state index is 15.1. The average Bonchev–Trinajstić information content (AvgIpc) is 2.83. The highest BCUT2D eigenvalue weighted by Gasteiger charge is 2.29. The molecule has 4 aromatic rings. The van der Waals surface area contributed by atoms with E-state index >= 15 is 4.39 Å². The molecule has 0 N–H and O–H groups in total. The van der Waals surface area contributed by atoms with Crippen LogP contribution in [0, 0.1) is 5.82 Å². The predicted octanol–water partition coefficient (Wildman–Crippen LogP) is 7.11. The third kappa shape index (κ3) is 5.81. The van der Waals surface area contributed by atoms with Crippen molar-refractivity contribution in [1.82, 2.24) is 4.98 Å². The molecule has 6 heteroatoms. The molecule has 1 aromatic heterocycles. The summed E-state index contributed by atoms with van der Waals surface area (Å²) in [5.41, 5.74) is 3.74. The number of methoxy groups -OCH3 is 1. The van der Waals surface area contributed by atoms with Crippen molar-refractivity contribution in [2.24, 2.45) is 0 Å². The first-order chi connectivity index (χ1) is 16.3. The summed E-state index contributed by atoms with van der Waals surface area (Å²) >= 11 is 0. The van der Waals surface area contributed by atoms with Crippen molar-refractivity contribution in [3.63, 3.8) is 0 Å². The van der Waals surface area contributed by atoms with E-state index in [2.05, 4.69) is 4.98 Å². The van der Waals surface area contributed by atoms with Crippen LogP contribution in [0.5, 0.6) is 0 Å². The van der Waals surface area contributed by atoms with Crippen molar-refractivity contribution < 1.29 is 22.3 Å². The van der Waals surface area contributed by atoms with Crippen LogP contribution >= 0.6 is 0 Å². The Labute approximate surface area is 196 Å². The smallest absolute Gasteiger partial charge is 0.380 e. The van der Waals surface area contributed by atoms with Crippen LogP contribution in [0.4, 0.5) is 17.6 Å². The van der Waals surface area contributed by atoms with Gasteiger partial charge in [0.05, 0.1) is 12.2 Å². The minimum Gasteiger partial charge on any atom is -0.380 e. The standard InChI is InChI=1S/C28H25F4NO/c1-34-18-21-6-14-25(33-17-21)13-5-20-7-15-26-23(16-20)10-9-22(27(26)29)8-2-19-3-11-24(12-4-19)28(30,31)32/h3-4,6-7,9-12,14-17H,2,5,8,13,18H2,1H3. The number of alkyl halides is 3. The van der Waals surface area contributed by atoms with Crippen molar-refractivity contribution in [2.45, 2.75) is 38.5 Å². The molecule has 1 heterocycles. The monoisotopic (exact) mass is 467 g/mol. The van der Waals surface area contributed by atoms with Gasteiger partial charge in [-0.3, -0.25) is 4.98 Å². The lowest BCUT2D eigenvalue weighted by molar-refractivity contribution is -0.137. The maximum Gasteiger partial charge on any atom is 0.416 e. The number of fused-ring (bicyclic) bond motifs is 1. The quantitative estimate of drug-likeness (QED) is 0.258. The molecule has 0 spiro atoms. The number of nitrogens with zero attached hydrogens (tertiary/aromatic N) is 1. The molecular weight excluding hydrogens is 442 g/mol. The number of hydrogen-bond acceptors (Lipinski definition) is 2.